The van der Waals surface area contributed by atoms with Crippen LogP contribution in [0.25, 0.3) is 0 Å². The quantitative estimate of drug-likeness (QED) is 0.890. The van der Waals surface area contributed by atoms with Crippen LogP contribution in [0.2, 0.25) is 0 Å². The smallest absolute Gasteiger partial charge is 0.371 e. The molecule has 2 heterocycles. The molecule has 0 saturated heterocycles. The van der Waals surface area contributed by atoms with Gasteiger partial charge in [-0.1, -0.05) is 0 Å². The highest BCUT2D eigenvalue weighted by molar-refractivity contribution is 7.88. The molecule has 0 saturated carbocycles. The molecule has 0 fully saturated rings. The number of hydrogen-bond acceptors (Lipinski definition) is 5. The van der Waals surface area contributed by atoms with Crippen molar-refractivity contribution in [3.63, 3.8) is 0 Å². The van der Waals surface area contributed by atoms with Gasteiger partial charge in [-0.05, 0) is 18.2 Å². The predicted molar refractivity (Wildman–Crippen MR) is 63.0 cm³/mol. The van der Waals surface area contributed by atoms with E-state index in [1.165, 1.54) is 19.6 Å². The van der Waals surface area contributed by atoms with Gasteiger partial charge in [-0.3, -0.25) is 0 Å². The molecular formula is C11H11NO6S. The van der Waals surface area contributed by atoms with E-state index in [1.54, 1.807) is 6.07 Å². The third-order valence-corrected chi connectivity index (χ3v) is 4.12. The summed E-state index contributed by atoms with van der Waals surface area (Å²) >= 11 is 0. The van der Waals surface area contributed by atoms with Crippen molar-refractivity contribution < 1.29 is 27.2 Å². The zero-order valence-electron chi connectivity index (χ0n) is 9.94. The summed E-state index contributed by atoms with van der Waals surface area (Å²) in [6.07, 6.45) is 2.86. The highest BCUT2D eigenvalue weighted by Gasteiger charge is 2.26. The van der Waals surface area contributed by atoms with Gasteiger partial charge in [0.25, 0.3) is 10.0 Å². The van der Waals surface area contributed by atoms with Gasteiger partial charge in [0.05, 0.1) is 12.5 Å². The fourth-order valence-corrected chi connectivity index (χ4v) is 2.51. The van der Waals surface area contributed by atoms with Crippen molar-refractivity contribution in [3.8, 4) is 0 Å². The maximum absolute atomic E-state index is 12.1. The molecule has 2 aromatic rings. The zero-order chi connectivity index (χ0) is 14.0. The molecule has 2 aromatic heterocycles. The minimum Gasteiger partial charge on any atom is -0.475 e. The van der Waals surface area contributed by atoms with E-state index >= 15 is 0 Å². The minimum atomic E-state index is -3.87. The van der Waals surface area contributed by atoms with Crippen molar-refractivity contribution >= 4 is 16.0 Å². The molecule has 2 rings (SSSR count). The van der Waals surface area contributed by atoms with Gasteiger partial charge in [0.1, 0.15) is 0 Å². The summed E-state index contributed by atoms with van der Waals surface area (Å²) < 4.78 is 34.9. The standard InChI is InChI=1S/C11H11NO6S/c1-12(6-8-4-5-17-7-8)19(15,16)10-3-2-9(18-10)11(13)14/h2-5,7H,6H2,1H3,(H,13,14). The number of aromatic carboxylic acids is 1. The maximum Gasteiger partial charge on any atom is 0.371 e. The molecule has 0 radical (unpaired) electrons. The number of carbonyl (C=O) groups is 1. The van der Waals surface area contributed by atoms with Gasteiger partial charge in [0, 0.05) is 19.2 Å². The van der Waals surface area contributed by atoms with E-state index in [9.17, 15) is 13.2 Å². The molecule has 0 atom stereocenters. The Morgan fingerprint density at radius 1 is 1.37 bits per heavy atom. The van der Waals surface area contributed by atoms with Gasteiger partial charge in [-0.2, -0.15) is 4.31 Å². The number of rotatable bonds is 5. The fourth-order valence-electron chi connectivity index (χ4n) is 1.45. The second-order valence-corrected chi connectivity index (χ2v) is 5.79. The number of hydrogen-bond donors (Lipinski definition) is 1. The molecule has 0 aliphatic heterocycles. The van der Waals surface area contributed by atoms with Gasteiger partial charge in [0.15, 0.2) is 0 Å². The van der Waals surface area contributed by atoms with Crippen molar-refractivity contribution in [3.05, 3.63) is 42.0 Å². The first-order chi connectivity index (χ1) is 8.91. The van der Waals surface area contributed by atoms with Crippen LogP contribution in [0.3, 0.4) is 0 Å². The molecular weight excluding hydrogens is 274 g/mol. The van der Waals surface area contributed by atoms with Gasteiger partial charge < -0.3 is 13.9 Å². The van der Waals surface area contributed by atoms with Crippen LogP contribution in [0.5, 0.6) is 0 Å². The van der Waals surface area contributed by atoms with Crippen LogP contribution in [-0.4, -0.2) is 30.8 Å². The first-order valence-corrected chi connectivity index (χ1v) is 6.66. The second-order valence-electron chi connectivity index (χ2n) is 3.82. The summed E-state index contributed by atoms with van der Waals surface area (Å²) in [5.41, 5.74) is 0.677. The van der Waals surface area contributed by atoms with Crippen LogP contribution in [0.15, 0.2) is 44.7 Å². The SMILES string of the molecule is CN(Cc1ccoc1)S(=O)(=O)c1ccc(C(=O)O)o1. The van der Waals surface area contributed by atoms with Gasteiger partial charge in [0.2, 0.25) is 10.9 Å². The lowest BCUT2D eigenvalue weighted by Gasteiger charge is -2.13. The second kappa shape index (κ2) is 4.90. The molecule has 0 aliphatic rings. The van der Waals surface area contributed by atoms with Crippen molar-refractivity contribution in [2.45, 2.75) is 11.6 Å². The minimum absolute atomic E-state index is 0.0991. The van der Waals surface area contributed by atoms with Crippen LogP contribution in [0.1, 0.15) is 16.1 Å². The van der Waals surface area contributed by atoms with E-state index in [-0.39, 0.29) is 6.54 Å². The summed E-state index contributed by atoms with van der Waals surface area (Å²) in [4.78, 5) is 10.7. The van der Waals surface area contributed by atoms with E-state index in [2.05, 4.69) is 0 Å². The lowest BCUT2D eigenvalue weighted by atomic mass is 10.3. The molecule has 1 N–H and O–H groups in total. The Kier molecular flexibility index (Phi) is 3.45. The Labute approximate surface area is 109 Å². The highest BCUT2D eigenvalue weighted by Crippen LogP contribution is 2.19. The van der Waals surface area contributed by atoms with Crippen molar-refractivity contribution in [2.24, 2.45) is 0 Å². The Morgan fingerprint density at radius 3 is 2.63 bits per heavy atom. The normalized spacial score (nSPS) is 11.9. The fraction of sp³-hybridized carbons (Fsp3) is 0.182. The van der Waals surface area contributed by atoms with Gasteiger partial charge in [-0.15, -0.1) is 0 Å². The molecule has 102 valence electrons. The van der Waals surface area contributed by atoms with E-state index in [0.29, 0.717) is 5.56 Å². The summed E-state index contributed by atoms with van der Waals surface area (Å²) in [5, 5.41) is 8.29. The average molecular weight is 285 g/mol. The molecule has 7 nitrogen and oxygen atoms in total. The summed E-state index contributed by atoms with van der Waals surface area (Å²) in [6.45, 7) is 0.0991. The summed E-state index contributed by atoms with van der Waals surface area (Å²) in [6, 6.07) is 3.85. The Morgan fingerprint density at radius 2 is 2.11 bits per heavy atom. The van der Waals surface area contributed by atoms with Crippen LogP contribution >= 0.6 is 0 Å². The lowest BCUT2D eigenvalue weighted by Crippen LogP contribution is -2.25. The molecule has 0 bridgehead atoms. The van der Waals surface area contributed by atoms with Crippen LogP contribution in [-0.2, 0) is 16.6 Å². The molecule has 8 heteroatoms. The molecule has 0 aromatic carbocycles. The number of nitrogens with zero attached hydrogens (tertiary/aromatic N) is 1. The lowest BCUT2D eigenvalue weighted by molar-refractivity contribution is 0.0656. The number of carboxylic acid groups (broad SMARTS) is 1. The van der Waals surface area contributed by atoms with Crippen LogP contribution < -0.4 is 0 Å². The number of sulfonamides is 1. The van der Waals surface area contributed by atoms with E-state index in [1.807, 2.05) is 0 Å². The largest absolute Gasteiger partial charge is 0.475 e. The van der Waals surface area contributed by atoms with Crippen molar-refractivity contribution in [1.29, 1.82) is 0 Å². The molecule has 0 unspecified atom stereocenters. The predicted octanol–water partition coefficient (Wildman–Crippen LogP) is 1.39. The van der Waals surface area contributed by atoms with Gasteiger partial charge >= 0.3 is 5.97 Å². The Hall–Kier alpha value is -2.06. The average Bonchev–Trinajstić information content (AvgIpc) is 2.99. The molecule has 0 amide bonds. The van der Waals surface area contributed by atoms with Gasteiger partial charge in [-0.25, -0.2) is 13.2 Å². The molecule has 0 aliphatic carbocycles. The van der Waals surface area contributed by atoms with Crippen molar-refractivity contribution in [1.82, 2.24) is 4.31 Å². The molecule has 0 spiro atoms. The topological polar surface area (TPSA) is 101 Å². The van der Waals surface area contributed by atoms with Crippen LogP contribution in [0.4, 0.5) is 0 Å². The number of furan rings is 2. The van der Waals surface area contributed by atoms with E-state index in [0.717, 1.165) is 16.4 Å². The number of carboxylic acids is 1. The Balaban J connectivity index is 2.23. The van der Waals surface area contributed by atoms with E-state index in [4.69, 9.17) is 13.9 Å². The summed E-state index contributed by atoms with van der Waals surface area (Å²) in [7, 11) is -2.50. The zero-order valence-corrected chi connectivity index (χ0v) is 10.8. The van der Waals surface area contributed by atoms with Crippen LogP contribution in [0, 0.1) is 0 Å². The molecule has 19 heavy (non-hydrogen) atoms. The highest BCUT2D eigenvalue weighted by atomic mass is 32.2. The van der Waals surface area contributed by atoms with Crippen molar-refractivity contribution in [2.75, 3.05) is 7.05 Å². The monoisotopic (exact) mass is 285 g/mol. The first kappa shape index (κ1) is 13.4. The third-order valence-electron chi connectivity index (χ3n) is 2.44. The first-order valence-electron chi connectivity index (χ1n) is 5.22. The van der Waals surface area contributed by atoms with E-state index < -0.39 is 26.8 Å². The third kappa shape index (κ3) is 2.69. The summed E-state index contributed by atoms with van der Waals surface area (Å²) in [5.74, 6) is -1.74. The maximum atomic E-state index is 12.1. The Bertz CT molecular complexity index is 670.